The van der Waals surface area contributed by atoms with Crippen molar-refractivity contribution in [2.75, 3.05) is 26.4 Å². The number of rotatable bonds is 7. The summed E-state index contributed by atoms with van der Waals surface area (Å²) >= 11 is 0. The molecule has 0 rings (SSSR count). The van der Waals surface area contributed by atoms with E-state index in [2.05, 4.69) is 6.58 Å². The minimum absolute atomic E-state index is 0.168. The fourth-order valence-electron chi connectivity index (χ4n) is 0.554. The first-order chi connectivity index (χ1) is 5.27. The number of ether oxygens (including phenoxy) is 2. The van der Waals surface area contributed by atoms with Gasteiger partial charge >= 0.3 is 0 Å². The van der Waals surface area contributed by atoms with Gasteiger partial charge in [-0.1, -0.05) is 6.58 Å². The van der Waals surface area contributed by atoms with E-state index in [1.807, 2.05) is 6.92 Å². The summed E-state index contributed by atoms with van der Waals surface area (Å²) in [5.41, 5.74) is 0. The van der Waals surface area contributed by atoms with Gasteiger partial charge in [0.25, 0.3) is 0 Å². The van der Waals surface area contributed by atoms with Crippen molar-refractivity contribution in [3.8, 4) is 0 Å². The lowest BCUT2D eigenvalue weighted by atomic mass is 10.4. The highest BCUT2D eigenvalue weighted by Gasteiger charge is 1.90. The van der Waals surface area contributed by atoms with Crippen LogP contribution in [0.1, 0.15) is 13.3 Å². The third kappa shape index (κ3) is 9.46. The summed E-state index contributed by atoms with van der Waals surface area (Å²) in [6.07, 6.45) is 0.506. The third-order valence-electron chi connectivity index (χ3n) is 1.11. The van der Waals surface area contributed by atoms with Crippen molar-refractivity contribution >= 4 is 0 Å². The van der Waals surface area contributed by atoms with Crippen molar-refractivity contribution in [2.45, 2.75) is 13.3 Å². The monoisotopic (exact) mass is 160 g/mol. The zero-order chi connectivity index (χ0) is 8.53. The molecule has 0 aliphatic carbocycles. The van der Waals surface area contributed by atoms with Crippen molar-refractivity contribution < 1.29 is 14.6 Å². The molecule has 0 atom stereocenters. The smallest absolute Gasteiger partial charge is 0.0874 e. The molecule has 0 saturated heterocycles. The third-order valence-corrected chi connectivity index (χ3v) is 1.11. The van der Waals surface area contributed by atoms with Crippen LogP contribution < -0.4 is 0 Å². The Morgan fingerprint density at radius 2 is 1.91 bits per heavy atom. The normalized spacial score (nSPS) is 9.91. The average Bonchev–Trinajstić information content (AvgIpc) is 1.96. The molecule has 0 radical (unpaired) electrons. The zero-order valence-corrected chi connectivity index (χ0v) is 7.01. The van der Waals surface area contributed by atoms with Crippen LogP contribution in [0.5, 0.6) is 0 Å². The van der Waals surface area contributed by atoms with Crippen molar-refractivity contribution in [3.63, 3.8) is 0 Å². The van der Waals surface area contributed by atoms with Gasteiger partial charge < -0.3 is 14.6 Å². The van der Waals surface area contributed by atoms with E-state index in [-0.39, 0.29) is 5.76 Å². The first-order valence-corrected chi connectivity index (χ1v) is 3.79. The SMILES string of the molecule is C=C(O)CCOCCOCC. The van der Waals surface area contributed by atoms with E-state index < -0.39 is 0 Å². The molecule has 66 valence electrons. The maximum absolute atomic E-state index is 8.65. The molecule has 0 unspecified atom stereocenters. The van der Waals surface area contributed by atoms with Gasteiger partial charge in [-0.15, -0.1) is 0 Å². The van der Waals surface area contributed by atoms with Crippen molar-refractivity contribution in [3.05, 3.63) is 12.3 Å². The second-order valence-electron chi connectivity index (χ2n) is 2.13. The standard InChI is InChI=1S/C8H16O3/c1-3-10-6-7-11-5-4-8(2)9/h9H,2-7H2,1H3. The van der Waals surface area contributed by atoms with Gasteiger partial charge in [0, 0.05) is 13.0 Å². The van der Waals surface area contributed by atoms with Crippen LogP contribution in [-0.2, 0) is 9.47 Å². The van der Waals surface area contributed by atoms with Crippen LogP contribution >= 0.6 is 0 Å². The average molecular weight is 160 g/mol. The van der Waals surface area contributed by atoms with E-state index in [4.69, 9.17) is 14.6 Å². The molecule has 0 aromatic rings. The summed E-state index contributed by atoms with van der Waals surface area (Å²) in [5.74, 6) is 0.168. The Morgan fingerprint density at radius 1 is 1.27 bits per heavy atom. The maximum Gasteiger partial charge on any atom is 0.0874 e. The van der Waals surface area contributed by atoms with Gasteiger partial charge in [0.15, 0.2) is 0 Å². The summed E-state index contributed by atoms with van der Waals surface area (Å²) in [5, 5.41) is 8.65. The Balaban J connectivity index is 2.85. The summed E-state index contributed by atoms with van der Waals surface area (Å²) in [4.78, 5) is 0. The molecular formula is C8H16O3. The van der Waals surface area contributed by atoms with Gasteiger partial charge in [-0.05, 0) is 6.92 Å². The van der Waals surface area contributed by atoms with E-state index in [1.165, 1.54) is 0 Å². The minimum atomic E-state index is 0.168. The van der Waals surface area contributed by atoms with Crippen LogP contribution in [-0.4, -0.2) is 31.5 Å². The van der Waals surface area contributed by atoms with E-state index in [9.17, 15) is 0 Å². The summed E-state index contributed by atoms with van der Waals surface area (Å²) in [6.45, 7) is 7.71. The molecule has 1 N–H and O–H groups in total. The fraction of sp³-hybridized carbons (Fsp3) is 0.750. The topological polar surface area (TPSA) is 38.7 Å². The highest BCUT2D eigenvalue weighted by Crippen LogP contribution is 1.91. The van der Waals surface area contributed by atoms with E-state index in [0.29, 0.717) is 26.2 Å². The van der Waals surface area contributed by atoms with Crippen LogP contribution in [0.4, 0.5) is 0 Å². The van der Waals surface area contributed by atoms with Crippen LogP contribution in [0.3, 0.4) is 0 Å². The Kier molecular flexibility index (Phi) is 7.19. The van der Waals surface area contributed by atoms with Crippen LogP contribution in [0, 0.1) is 0 Å². The molecular weight excluding hydrogens is 144 g/mol. The zero-order valence-electron chi connectivity index (χ0n) is 7.01. The van der Waals surface area contributed by atoms with Crippen molar-refractivity contribution in [1.82, 2.24) is 0 Å². The predicted octanol–water partition coefficient (Wildman–Crippen LogP) is 1.50. The van der Waals surface area contributed by atoms with Gasteiger partial charge in [0.2, 0.25) is 0 Å². The van der Waals surface area contributed by atoms with Crippen molar-refractivity contribution in [2.24, 2.45) is 0 Å². The molecule has 0 aromatic carbocycles. The minimum Gasteiger partial charge on any atom is -0.513 e. The molecule has 0 bridgehead atoms. The van der Waals surface area contributed by atoms with Gasteiger partial charge in [-0.25, -0.2) is 0 Å². The van der Waals surface area contributed by atoms with Crippen LogP contribution in [0.15, 0.2) is 12.3 Å². The van der Waals surface area contributed by atoms with Crippen LogP contribution in [0.25, 0.3) is 0 Å². The molecule has 0 heterocycles. The molecule has 3 nitrogen and oxygen atoms in total. The van der Waals surface area contributed by atoms with E-state index in [0.717, 1.165) is 6.61 Å². The molecule has 0 saturated carbocycles. The second kappa shape index (κ2) is 7.57. The predicted molar refractivity (Wildman–Crippen MR) is 43.7 cm³/mol. The lowest BCUT2D eigenvalue weighted by Gasteiger charge is -2.02. The quantitative estimate of drug-likeness (QED) is 0.453. The Morgan fingerprint density at radius 3 is 2.45 bits per heavy atom. The van der Waals surface area contributed by atoms with E-state index in [1.54, 1.807) is 0 Å². The first kappa shape index (κ1) is 10.5. The summed E-state index contributed by atoms with van der Waals surface area (Å²) < 4.78 is 10.1. The molecule has 0 aliphatic heterocycles. The molecule has 11 heavy (non-hydrogen) atoms. The highest BCUT2D eigenvalue weighted by atomic mass is 16.5. The molecule has 0 fully saturated rings. The second-order valence-corrected chi connectivity index (χ2v) is 2.13. The number of aliphatic hydroxyl groups excluding tert-OH is 1. The number of hydrogen-bond donors (Lipinski definition) is 1. The highest BCUT2D eigenvalue weighted by molar-refractivity contribution is 4.77. The van der Waals surface area contributed by atoms with Gasteiger partial charge in [0.05, 0.1) is 25.6 Å². The molecule has 0 amide bonds. The molecule has 0 aliphatic rings. The van der Waals surface area contributed by atoms with Gasteiger partial charge in [-0.3, -0.25) is 0 Å². The molecule has 0 aromatic heterocycles. The lowest BCUT2D eigenvalue weighted by molar-refractivity contribution is 0.0517. The van der Waals surface area contributed by atoms with Crippen molar-refractivity contribution in [1.29, 1.82) is 0 Å². The summed E-state index contributed by atoms with van der Waals surface area (Å²) in [6, 6.07) is 0. The fourth-order valence-corrected chi connectivity index (χ4v) is 0.554. The Labute approximate surface area is 67.6 Å². The number of hydrogen-bond acceptors (Lipinski definition) is 3. The van der Waals surface area contributed by atoms with E-state index >= 15 is 0 Å². The maximum atomic E-state index is 8.65. The molecule has 0 spiro atoms. The Hall–Kier alpha value is -0.540. The van der Waals surface area contributed by atoms with Crippen LogP contribution in [0.2, 0.25) is 0 Å². The lowest BCUT2D eigenvalue weighted by Crippen LogP contribution is -2.05. The first-order valence-electron chi connectivity index (χ1n) is 3.79. The largest absolute Gasteiger partial charge is 0.513 e. The number of aliphatic hydroxyl groups is 1. The summed E-state index contributed by atoms with van der Waals surface area (Å²) in [7, 11) is 0. The molecule has 3 heteroatoms. The van der Waals surface area contributed by atoms with Gasteiger partial charge in [-0.2, -0.15) is 0 Å². The van der Waals surface area contributed by atoms with Gasteiger partial charge in [0.1, 0.15) is 0 Å². The Bertz CT molecular complexity index is 102.